The first kappa shape index (κ1) is 29.3. The fourth-order valence-electron chi connectivity index (χ4n) is 5.00. The van der Waals surface area contributed by atoms with Crippen LogP contribution in [0.4, 0.5) is 5.69 Å². The van der Waals surface area contributed by atoms with Crippen molar-refractivity contribution in [1.29, 1.82) is 0 Å². The highest BCUT2D eigenvalue weighted by Crippen LogP contribution is 2.25. The molecule has 1 aliphatic carbocycles. The van der Waals surface area contributed by atoms with E-state index >= 15 is 0 Å². The van der Waals surface area contributed by atoms with Crippen LogP contribution in [0.25, 0.3) is 0 Å². The second kappa shape index (κ2) is 13.1. The molecule has 2 amide bonds. The summed E-state index contributed by atoms with van der Waals surface area (Å²) >= 11 is 0. The highest BCUT2D eigenvalue weighted by molar-refractivity contribution is 7.92. The third-order valence-corrected chi connectivity index (χ3v) is 9.31. The highest BCUT2D eigenvalue weighted by Gasteiger charge is 2.33. The van der Waals surface area contributed by atoms with E-state index in [-0.39, 0.29) is 23.4 Å². The topological polar surface area (TPSA) is 86.8 Å². The van der Waals surface area contributed by atoms with Crippen molar-refractivity contribution in [3.05, 3.63) is 95.6 Å². The summed E-state index contributed by atoms with van der Waals surface area (Å²) < 4.78 is 28.8. The molecule has 40 heavy (non-hydrogen) atoms. The maximum absolute atomic E-state index is 14.0. The Hall–Kier alpha value is -3.65. The van der Waals surface area contributed by atoms with Crippen molar-refractivity contribution in [2.24, 2.45) is 0 Å². The number of nitrogens with zero attached hydrogens (tertiary/aromatic N) is 2. The first-order valence-corrected chi connectivity index (χ1v) is 15.4. The van der Waals surface area contributed by atoms with Gasteiger partial charge in [0.2, 0.25) is 11.8 Å². The van der Waals surface area contributed by atoms with E-state index < -0.39 is 28.5 Å². The zero-order valence-electron chi connectivity index (χ0n) is 23.5. The van der Waals surface area contributed by atoms with Gasteiger partial charge in [0.25, 0.3) is 10.0 Å². The molecule has 0 aliphatic heterocycles. The van der Waals surface area contributed by atoms with E-state index in [4.69, 9.17) is 0 Å². The van der Waals surface area contributed by atoms with E-state index in [9.17, 15) is 18.0 Å². The van der Waals surface area contributed by atoms with Crippen LogP contribution < -0.4 is 9.62 Å². The number of rotatable bonds is 10. The fourth-order valence-corrected chi connectivity index (χ4v) is 6.42. The molecule has 3 aromatic rings. The van der Waals surface area contributed by atoms with Crippen LogP contribution in [0.1, 0.15) is 55.7 Å². The lowest BCUT2D eigenvalue weighted by molar-refractivity contribution is -0.139. The minimum Gasteiger partial charge on any atom is -0.352 e. The number of amides is 2. The van der Waals surface area contributed by atoms with Gasteiger partial charge in [0.05, 0.1) is 10.6 Å². The first-order valence-electron chi connectivity index (χ1n) is 13.9. The van der Waals surface area contributed by atoms with Gasteiger partial charge in [0.15, 0.2) is 0 Å². The molecule has 0 saturated heterocycles. The number of carbonyl (C=O) groups excluding carboxylic acids is 2. The normalized spacial score (nSPS) is 14.8. The summed E-state index contributed by atoms with van der Waals surface area (Å²) in [5.41, 5.74) is 3.27. The Labute approximate surface area is 238 Å². The molecule has 4 rings (SSSR count). The van der Waals surface area contributed by atoms with Crippen molar-refractivity contribution >= 4 is 27.5 Å². The largest absolute Gasteiger partial charge is 0.352 e. The minimum atomic E-state index is -4.06. The quantitative estimate of drug-likeness (QED) is 0.361. The number of anilines is 1. The molecule has 0 aromatic heterocycles. The first-order chi connectivity index (χ1) is 19.1. The number of para-hydroxylation sites is 1. The Morgan fingerprint density at radius 2 is 1.43 bits per heavy atom. The van der Waals surface area contributed by atoms with Crippen molar-refractivity contribution in [2.45, 2.75) is 76.4 Å². The van der Waals surface area contributed by atoms with Gasteiger partial charge in [-0.2, -0.15) is 0 Å². The van der Waals surface area contributed by atoms with Crippen molar-refractivity contribution in [3.8, 4) is 0 Å². The minimum absolute atomic E-state index is 0.0998. The van der Waals surface area contributed by atoms with Crippen molar-refractivity contribution in [1.82, 2.24) is 10.2 Å². The molecule has 1 unspecified atom stereocenters. The molecular weight excluding hydrogens is 522 g/mol. The van der Waals surface area contributed by atoms with Gasteiger partial charge in [-0.25, -0.2) is 8.42 Å². The van der Waals surface area contributed by atoms with Crippen molar-refractivity contribution in [3.63, 3.8) is 0 Å². The Morgan fingerprint density at radius 1 is 0.850 bits per heavy atom. The Bertz CT molecular complexity index is 1380. The summed E-state index contributed by atoms with van der Waals surface area (Å²) in [5, 5.41) is 3.13. The summed E-state index contributed by atoms with van der Waals surface area (Å²) in [5.74, 6) is -0.675. The molecule has 0 radical (unpaired) electrons. The van der Waals surface area contributed by atoms with Crippen molar-refractivity contribution < 1.29 is 18.0 Å². The third kappa shape index (κ3) is 7.30. The highest BCUT2D eigenvalue weighted by atomic mass is 32.2. The lowest BCUT2D eigenvalue weighted by Crippen LogP contribution is -2.53. The number of sulfonamides is 1. The average molecular weight is 562 g/mol. The van der Waals surface area contributed by atoms with E-state index in [0.717, 1.165) is 46.7 Å². The fraction of sp³-hybridized carbons (Fsp3) is 0.375. The standard InChI is InChI=1S/C32H39N3O4S/c1-24-14-18-27(19-15-24)22-34(26(3)32(37)33-28-10-6-4-7-11-28)31(36)23-35(29-12-8-5-9-13-29)40(38,39)30-20-16-25(2)17-21-30/h5,8-9,12-21,26,28H,4,6-7,10-11,22-23H2,1-3H3,(H,33,37). The summed E-state index contributed by atoms with van der Waals surface area (Å²) in [4.78, 5) is 29.0. The van der Waals surface area contributed by atoms with Gasteiger partial charge in [-0.3, -0.25) is 13.9 Å². The van der Waals surface area contributed by atoms with Crippen LogP contribution >= 0.6 is 0 Å². The number of aryl methyl sites for hydroxylation is 2. The van der Waals surface area contributed by atoms with Crippen LogP contribution in [0.2, 0.25) is 0 Å². The second-order valence-corrected chi connectivity index (χ2v) is 12.5. The zero-order valence-corrected chi connectivity index (χ0v) is 24.4. The molecule has 1 saturated carbocycles. The Kier molecular flexibility index (Phi) is 9.63. The van der Waals surface area contributed by atoms with Crippen LogP contribution in [-0.2, 0) is 26.2 Å². The van der Waals surface area contributed by atoms with Gasteiger partial charge in [-0.1, -0.05) is 85.0 Å². The molecule has 7 nitrogen and oxygen atoms in total. The van der Waals surface area contributed by atoms with E-state index in [1.165, 1.54) is 11.3 Å². The van der Waals surface area contributed by atoms with Gasteiger partial charge >= 0.3 is 0 Å². The predicted molar refractivity (Wildman–Crippen MR) is 158 cm³/mol. The average Bonchev–Trinajstić information content (AvgIpc) is 2.96. The number of nitrogens with one attached hydrogen (secondary N) is 1. The zero-order chi connectivity index (χ0) is 28.7. The molecule has 3 aromatic carbocycles. The van der Waals surface area contributed by atoms with Gasteiger partial charge in [-0.05, 0) is 63.4 Å². The molecule has 0 bridgehead atoms. The van der Waals surface area contributed by atoms with E-state index in [0.29, 0.717) is 5.69 Å². The second-order valence-electron chi connectivity index (χ2n) is 10.7. The third-order valence-electron chi connectivity index (χ3n) is 7.52. The Balaban J connectivity index is 1.65. The van der Waals surface area contributed by atoms with Gasteiger partial charge in [-0.15, -0.1) is 0 Å². The Morgan fingerprint density at radius 3 is 2.02 bits per heavy atom. The van der Waals surface area contributed by atoms with Crippen LogP contribution in [0.15, 0.2) is 83.8 Å². The smallest absolute Gasteiger partial charge is 0.264 e. The molecule has 1 aliphatic rings. The maximum Gasteiger partial charge on any atom is 0.264 e. The summed E-state index contributed by atoms with van der Waals surface area (Å²) in [7, 11) is -4.06. The van der Waals surface area contributed by atoms with E-state index in [2.05, 4.69) is 5.32 Å². The SMILES string of the molecule is Cc1ccc(CN(C(=O)CN(c2ccccc2)S(=O)(=O)c2ccc(C)cc2)C(C)C(=O)NC2CCCCC2)cc1. The van der Waals surface area contributed by atoms with Crippen LogP contribution in [-0.4, -0.2) is 43.8 Å². The molecule has 1 atom stereocenters. The van der Waals surface area contributed by atoms with Crippen LogP contribution in [0.3, 0.4) is 0 Å². The molecule has 0 spiro atoms. The number of benzene rings is 3. The molecule has 0 heterocycles. The van der Waals surface area contributed by atoms with Crippen molar-refractivity contribution in [2.75, 3.05) is 10.8 Å². The van der Waals surface area contributed by atoms with Gasteiger partial charge in [0.1, 0.15) is 12.6 Å². The maximum atomic E-state index is 14.0. The molecular formula is C32H39N3O4S. The molecule has 212 valence electrons. The molecule has 1 N–H and O–H groups in total. The van der Waals surface area contributed by atoms with Crippen LogP contribution in [0.5, 0.6) is 0 Å². The molecule has 8 heteroatoms. The van der Waals surface area contributed by atoms with Gasteiger partial charge < -0.3 is 10.2 Å². The summed E-state index contributed by atoms with van der Waals surface area (Å²) in [6, 6.07) is 22.3. The summed E-state index contributed by atoms with van der Waals surface area (Å²) in [6.45, 7) is 5.34. The number of hydrogen-bond donors (Lipinski definition) is 1. The van der Waals surface area contributed by atoms with E-state index in [1.54, 1.807) is 61.5 Å². The van der Waals surface area contributed by atoms with Gasteiger partial charge in [0, 0.05) is 12.6 Å². The lowest BCUT2D eigenvalue weighted by Gasteiger charge is -2.33. The summed E-state index contributed by atoms with van der Waals surface area (Å²) in [6.07, 6.45) is 5.19. The number of hydrogen-bond acceptors (Lipinski definition) is 4. The lowest BCUT2D eigenvalue weighted by atomic mass is 9.95. The molecule has 1 fully saturated rings. The van der Waals surface area contributed by atoms with Crippen LogP contribution in [0, 0.1) is 13.8 Å². The predicted octanol–water partition coefficient (Wildman–Crippen LogP) is 5.36. The number of carbonyl (C=O) groups is 2. The monoisotopic (exact) mass is 561 g/mol. The van der Waals surface area contributed by atoms with E-state index in [1.807, 2.05) is 38.1 Å².